The summed E-state index contributed by atoms with van der Waals surface area (Å²) in [5.74, 6) is -0.315. The Morgan fingerprint density at radius 1 is 1.21 bits per heavy atom. The molecule has 0 saturated carbocycles. The average molecular weight is 197 g/mol. The number of phenolic OH excluding ortho intramolecular Hbond substituents is 2. The van der Waals surface area contributed by atoms with E-state index in [9.17, 15) is 5.11 Å². The number of aromatic hydroxyl groups is 2. The van der Waals surface area contributed by atoms with Gasteiger partial charge in [-0.1, -0.05) is 6.07 Å². The van der Waals surface area contributed by atoms with Crippen molar-refractivity contribution < 1.29 is 15.3 Å². The molecule has 0 radical (unpaired) electrons. The largest absolute Gasteiger partial charge is 0.504 e. The Hall–Kier alpha value is -1.26. The molecular formula is C10H15NO3. The zero-order valence-electron chi connectivity index (χ0n) is 7.85. The lowest BCUT2D eigenvalue weighted by Crippen LogP contribution is -2.10. The third kappa shape index (κ3) is 2.61. The van der Waals surface area contributed by atoms with Gasteiger partial charge in [-0.2, -0.15) is 0 Å². The van der Waals surface area contributed by atoms with Gasteiger partial charge in [-0.25, -0.2) is 0 Å². The lowest BCUT2D eigenvalue weighted by molar-refractivity contribution is 0.280. The zero-order valence-corrected chi connectivity index (χ0v) is 7.85. The van der Waals surface area contributed by atoms with Gasteiger partial charge in [-0.3, -0.25) is 0 Å². The van der Waals surface area contributed by atoms with E-state index in [-0.39, 0.29) is 24.1 Å². The quantitative estimate of drug-likeness (QED) is 0.539. The molecule has 0 aliphatic rings. The molecule has 5 N–H and O–H groups in total. The van der Waals surface area contributed by atoms with Crippen molar-refractivity contribution in [2.24, 2.45) is 5.73 Å². The van der Waals surface area contributed by atoms with E-state index in [1.54, 1.807) is 6.07 Å². The molecule has 0 fully saturated rings. The molecule has 0 bridgehead atoms. The molecule has 1 aromatic carbocycles. The summed E-state index contributed by atoms with van der Waals surface area (Å²) in [7, 11) is 0. The first-order valence-electron chi connectivity index (χ1n) is 4.53. The highest BCUT2D eigenvalue weighted by atomic mass is 16.3. The molecule has 0 aromatic heterocycles. The Morgan fingerprint density at radius 3 is 2.50 bits per heavy atom. The molecular weight excluding hydrogens is 182 g/mol. The summed E-state index contributed by atoms with van der Waals surface area (Å²) in [4.78, 5) is 0. The molecule has 1 aromatic rings. The molecule has 78 valence electrons. The van der Waals surface area contributed by atoms with Gasteiger partial charge in [0.1, 0.15) is 0 Å². The maximum Gasteiger partial charge on any atom is 0.157 e. The maximum atomic E-state index is 9.22. The van der Waals surface area contributed by atoms with Crippen molar-refractivity contribution in [3.63, 3.8) is 0 Å². The topological polar surface area (TPSA) is 86.7 Å². The van der Waals surface area contributed by atoms with Gasteiger partial charge in [0, 0.05) is 12.6 Å². The molecule has 0 heterocycles. The van der Waals surface area contributed by atoms with Crippen molar-refractivity contribution in [2.45, 2.75) is 18.9 Å². The minimum absolute atomic E-state index is 0.109. The normalized spacial score (nSPS) is 12.7. The molecule has 4 heteroatoms. The molecule has 14 heavy (non-hydrogen) atoms. The SMILES string of the molecule is N[C@H](CCCO)c1ccc(O)c(O)c1. The van der Waals surface area contributed by atoms with Gasteiger partial charge in [-0.15, -0.1) is 0 Å². The summed E-state index contributed by atoms with van der Waals surface area (Å²) in [5.41, 5.74) is 6.55. The Balaban J connectivity index is 2.70. The van der Waals surface area contributed by atoms with Gasteiger partial charge in [0.2, 0.25) is 0 Å². The number of rotatable bonds is 4. The van der Waals surface area contributed by atoms with Crippen LogP contribution >= 0.6 is 0 Å². The van der Waals surface area contributed by atoms with Crippen LogP contribution in [0.4, 0.5) is 0 Å². The lowest BCUT2D eigenvalue weighted by Gasteiger charge is -2.11. The summed E-state index contributed by atoms with van der Waals surface area (Å²) in [6.45, 7) is 0.109. The minimum Gasteiger partial charge on any atom is -0.504 e. The van der Waals surface area contributed by atoms with Crippen molar-refractivity contribution in [3.8, 4) is 11.5 Å². The second-order valence-electron chi connectivity index (χ2n) is 3.22. The summed E-state index contributed by atoms with van der Waals surface area (Å²) < 4.78 is 0. The number of phenols is 2. The molecule has 0 aliphatic heterocycles. The van der Waals surface area contributed by atoms with Crippen molar-refractivity contribution in [1.29, 1.82) is 0 Å². The summed E-state index contributed by atoms with van der Waals surface area (Å²) in [6, 6.07) is 4.30. The number of nitrogens with two attached hydrogens (primary N) is 1. The van der Waals surface area contributed by atoms with Crippen LogP contribution in [0.1, 0.15) is 24.4 Å². The van der Waals surface area contributed by atoms with Crippen LogP contribution in [0.5, 0.6) is 11.5 Å². The minimum atomic E-state index is -0.214. The summed E-state index contributed by atoms with van der Waals surface area (Å²) >= 11 is 0. The summed E-state index contributed by atoms with van der Waals surface area (Å²) in [6.07, 6.45) is 1.28. The molecule has 1 atom stereocenters. The van der Waals surface area contributed by atoms with Crippen LogP contribution in [-0.2, 0) is 0 Å². The van der Waals surface area contributed by atoms with Gasteiger partial charge in [0.05, 0.1) is 0 Å². The van der Waals surface area contributed by atoms with E-state index < -0.39 is 0 Å². The van der Waals surface area contributed by atoms with E-state index in [4.69, 9.17) is 15.9 Å². The van der Waals surface area contributed by atoms with Crippen molar-refractivity contribution in [3.05, 3.63) is 23.8 Å². The number of hydrogen-bond donors (Lipinski definition) is 4. The van der Waals surface area contributed by atoms with Crippen molar-refractivity contribution >= 4 is 0 Å². The molecule has 0 amide bonds. The highest BCUT2D eigenvalue weighted by molar-refractivity contribution is 5.41. The van der Waals surface area contributed by atoms with E-state index in [2.05, 4.69) is 0 Å². The fourth-order valence-corrected chi connectivity index (χ4v) is 1.25. The number of aliphatic hydroxyl groups is 1. The third-order valence-electron chi connectivity index (χ3n) is 2.10. The number of aliphatic hydroxyl groups excluding tert-OH is 1. The molecule has 0 aliphatic carbocycles. The molecule has 0 unspecified atom stereocenters. The zero-order chi connectivity index (χ0) is 10.6. The predicted molar refractivity (Wildman–Crippen MR) is 53.0 cm³/mol. The first kappa shape index (κ1) is 10.8. The monoisotopic (exact) mass is 197 g/mol. The Labute approximate surface area is 82.6 Å². The van der Waals surface area contributed by atoms with Crippen LogP contribution in [0, 0.1) is 0 Å². The average Bonchev–Trinajstić information content (AvgIpc) is 2.18. The lowest BCUT2D eigenvalue weighted by atomic mass is 10.0. The second kappa shape index (κ2) is 4.83. The smallest absolute Gasteiger partial charge is 0.157 e. The maximum absolute atomic E-state index is 9.22. The van der Waals surface area contributed by atoms with E-state index >= 15 is 0 Å². The van der Waals surface area contributed by atoms with Crippen LogP contribution in [-0.4, -0.2) is 21.9 Å². The van der Waals surface area contributed by atoms with Crippen LogP contribution < -0.4 is 5.73 Å². The number of hydrogen-bond acceptors (Lipinski definition) is 4. The molecule has 1 rings (SSSR count). The first-order chi connectivity index (χ1) is 6.65. The van der Waals surface area contributed by atoms with E-state index in [0.29, 0.717) is 12.8 Å². The highest BCUT2D eigenvalue weighted by Gasteiger charge is 2.07. The fraction of sp³-hybridized carbons (Fsp3) is 0.400. The third-order valence-corrected chi connectivity index (χ3v) is 2.10. The Morgan fingerprint density at radius 2 is 1.93 bits per heavy atom. The van der Waals surface area contributed by atoms with Gasteiger partial charge in [0.25, 0.3) is 0 Å². The van der Waals surface area contributed by atoms with Gasteiger partial charge in [-0.05, 0) is 30.5 Å². The van der Waals surface area contributed by atoms with Crippen LogP contribution in [0.3, 0.4) is 0 Å². The number of benzene rings is 1. The Kier molecular flexibility index (Phi) is 3.73. The van der Waals surface area contributed by atoms with Crippen molar-refractivity contribution in [1.82, 2.24) is 0 Å². The fourth-order valence-electron chi connectivity index (χ4n) is 1.25. The standard InChI is InChI=1S/C10H15NO3/c11-8(2-1-5-12)7-3-4-9(13)10(14)6-7/h3-4,6,8,12-14H,1-2,5,11H2/t8-/m1/s1. The van der Waals surface area contributed by atoms with E-state index in [1.807, 2.05) is 0 Å². The van der Waals surface area contributed by atoms with Gasteiger partial charge >= 0.3 is 0 Å². The second-order valence-corrected chi connectivity index (χ2v) is 3.22. The van der Waals surface area contributed by atoms with Crippen LogP contribution in [0.25, 0.3) is 0 Å². The van der Waals surface area contributed by atoms with E-state index in [0.717, 1.165) is 5.56 Å². The predicted octanol–water partition coefficient (Wildman–Crippen LogP) is 0.870. The highest BCUT2D eigenvalue weighted by Crippen LogP contribution is 2.28. The first-order valence-corrected chi connectivity index (χ1v) is 4.53. The van der Waals surface area contributed by atoms with Gasteiger partial charge < -0.3 is 21.1 Å². The molecule has 4 nitrogen and oxygen atoms in total. The van der Waals surface area contributed by atoms with Crippen molar-refractivity contribution in [2.75, 3.05) is 6.61 Å². The van der Waals surface area contributed by atoms with E-state index in [1.165, 1.54) is 12.1 Å². The van der Waals surface area contributed by atoms with Gasteiger partial charge in [0.15, 0.2) is 11.5 Å². The molecule has 0 spiro atoms. The summed E-state index contributed by atoms with van der Waals surface area (Å²) in [5, 5.41) is 26.9. The molecule has 0 saturated heterocycles. The van der Waals surface area contributed by atoms with Crippen LogP contribution in [0.15, 0.2) is 18.2 Å². The van der Waals surface area contributed by atoms with Crippen LogP contribution in [0.2, 0.25) is 0 Å². The Bertz CT molecular complexity index is 301.